The van der Waals surface area contributed by atoms with Crippen LogP contribution in [-0.4, -0.2) is 84.5 Å². The van der Waals surface area contributed by atoms with Crippen molar-refractivity contribution in [2.45, 2.75) is 51.6 Å². The molecule has 0 aliphatic heterocycles. The molecular formula is C23H34N4O8. The molecule has 1 aromatic carbocycles. The highest BCUT2D eigenvalue weighted by molar-refractivity contribution is 5.99. The van der Waals surface area contributed by atoms with Crippen LogP contribution in [0.4, 0.5) is 4.79 Å². The van der Waals surface area contributed by atoms with Crippen molar-refractivity contribution in [1.29, 1.82) is 0 Å². The lowest BCUT2D eigenvalue weighted by Gasteiger charge is -2.28. The third-order valence-corrected chi connectivity index (χ3v) is 5.17. The highest BCUT2D eigenvalue weighted by Crippen LogP contribution is 2.07. The number of unbranched alkanes of at least 4 members (excludes halogenated alkanes) is 1. The van der Waals surface area contributed by atoms with Gasteiger partial charge in [-0.15, -0.1) is 10.1 Å². The maximum absolute atomic E-state index is 13.1. The van der Waals surface area contributed by atoms with E-state index in [0.29, 0.717) is 38.5 Å². The van der Waals surface area contributed by atoms with Crippen LogP contribution in [0, 0.1) is 10.1 Å². The van der Waals surface area contributed by atoms with E-state index < -0.39 is 41.6 Å². The molecule has 0 aliphatic carbocycles. The van der Waals surface area contributed by atoms with Crippen molar-refractivity contribution in [3.63, 3.8) is 0 Å². The molecule has 0 bridgehead atoms. The average Bonchev–Trinajstić information content (AvgIpc) is 2.85. The predicted molar refractivity (Wildman–Crippen MR) is 126 cm³/mol. The zero-order valence-corrected chi connectivity index (χ0v) is 20.4. The molecule has 0 radical (unpaired) electrons. The van der Waals surface area contributed by atoms with E-state index in [1.54, 1.807) is 6.92 Å². The van der Waals surface area contributed by atoms with Gasteiger partial charge in [-0.3, -0.25) is 19.8 Å². The van der Waals surface area contributed by atoms with E-state index in [9.17, 15) is 29.3 Å². The summed E-state index contributed by atoms with van der Waals surface area (Å²) in [5.74, 6) is -1.46. The van der Waals surface area contributed by atoms with E-state index in [4.69, 9.17) is 4.74 Å². The summed E-state index contributed by atoms with van der Waals surface area (Å²) in [6.07, 6.45) is 2.41. The molecule has 194 valence electrons. The summed E-state index contributed by atoms with van der Waals surface area (Å²) in [5.41, 5.74) is 1.05. The smallest absolute Gasteiger partial charge is 0.327 e. The summed E-state index contributed by atoms with van der Waals surface area (Å²) in [5, 5.41) is 12.1. The molecule has 0 aliphatic rings. The number of nitrogens with zero attached hydrogens (tertiary/aromatic N) is 3. The van der Waals surface area contributed by atoms with Crippen LogP contribution in [0.2, 0.25) is 0 Å². The quantitative estimate of drug-likeness (QED) is 0.119. The van der Waals surface area contributed by atoms with E-state index in [0.717, 1.165) is 10.5 Å². The normalized spacial score (nSPS) is 12.2. The first-order valence-electron chi connectivity index (χ1n) is 11.4. The van der Waals surface area contributed by atoms with Gasteiger partial charge in [0.15, 0.2) is 0 Å². The van der Waals surface area contributed by atoms with Gasteiger partial charge in [0.2, 0.25) is 5.91 Å². The molecule has 0 saturated heterocycles. The average molecular weight is 495 g/mol. The van der Waals surface area contributed by atoms with Crippen LogP contribution in [0.15, 0.2) is 30.3 Å². The van der Waals surface area contributed by atoms with Gasteiger partial charge >= 0.3 is 12.0 Å². The maximum atomic E-state index is 13.1. The summed E-state index contributed by atoms with van der Waals surface area (Å²) in [4.78, 5) is 66.0. The van der Waals surface area contributed by atoms with Gasteiger partial charge in [-0.05, 0) is 45.1 Å². The Morgan fingerprint density at radius 2 is 1.83 bits per heavy atom. The van der Waals surface area contributed by atoms with Crippen LogP contribution in [-0.2, 0) is 30.4 Å². The molecule has 0 heterocycles. The Balaban J connectivity index is 2.69. The number of urea groups is 1. The van der Waals surface area contributed by atoms with Crippen LogP contribution >= 0.6 is 0 Å². The standard InChI is InChI=1S/C23H34N4O8/c1-4-25(3)23(31)26(16-21(29)34-14-8-9-15-35-27(32)33)22(30)18(2)24-20(17-28)13-12-19-10-6-5-7-11-19/h5-7,10-11,17-18,20,24H,4,8-9,12-16H2,1-3H3. The summed E-state index contributed by atoms with van der Waals surface area (Å²) in [6, 6.07) is 7.38. The summed E-state index contributed by atoms with van der Waals surface area (Å²) in [6.45, 7) is 2.79. The largest absolute Gasteiger partial charge is 0.464 e. The molecule has 2 unspecified atom stereocenters. The number of nitrogens with one attached hydrogen (secondary N) is 1. The molecule has 3 amide bonds. The van der Waals surface area contributed by atoms with Crippen molar-refractivity contribution in [3.8, 4) is 0 Å². The number of esters is 1. The number of carbonyl (C=O) groups is 4. The van der Waals surface area contributed by atoms with E-state index in [1.165, 1.54) is 18.9 Å². The van der Waals surface area contributed by atoms with Crippen molar-refractivity contribution in [2.75, 3.05) is 33.4 Å². The third kappa shape index (κ3) is 11.4. The van der Waals surface area contributed by atoms with Gasteiger partial charge < -0.3 is 19.3 Å². The first-order valence-corrected chi connectivity index (χ1v) is 11.4. The molecule has 1 rings (SSSR count). The number of hydrogen-bond donors (Lipinski definition) is 1. The molecule has 0 spiro atoms. The topological polar surface area (TPSA) is 148 Å². The van der Waals surface area contributed by atoms with Crippen LogP contribution < -0.4 is 5.32 Å². The Labute approximate surface area is 204 Å². The first-order chi connectivity index (χ1) is 16.7. The molecule has 35 heavy (non-hydrogen) atoms. The van der Waals surface area contributed by atoms with Gasteiger partial charge in [0.05, 0.1) is 25.3 Å². The molecule has 1 aromatic rings. The second-order valence-electron chi connectivity index (χ2n) is 7.86. The fourth-order valence-corrected chi connectivity index (χ4v) is 3.07. The highest BCUT2D eigenvalue weighted by atomic mass is 16.9. The second kappa shape index (κ2) is 16.1. The zero-order valence-electron chi connectivity index (χ0n) is 20.4. The second-order valence-corrected chi connectivity index (χ2v) is 7.86. The van der Waals surface area contributed by atoms with Crippen LogP contribution in [0.1, 0.15) is 38.7 Å². The molecule has 0 saturated carbocycles. The van der Waals surface area contributed by atoms with Gasteiger partial charge in [-0.1, -0.05) is 30.3 Å². The lowest BCUT2D eigenvalue weighted by atomic mass is 10.1. The molecule has 0 aromatic heterocycles. The van der Waals surface area contributed by atoms with Crippen LogP contribution in [0.25, 0.3) is 0 Å². The van der Waals surface area contributed by atoms with Gasteiger partial charge in [-0.25, -0.2) is 4.79 Å². The van der Waals surface area contributed by atoms with Crippen molar-refractivity contribution in [1.82, 2.24) is 15.1 Å². The van der Waals surface area contributed by atoms with Gasteiger partial charge in [0.1, 0.15) is 12.8 Å². The van der Waals surface area contributed by atoms with E-state index in [2.05, 4.69) is 10.2 Å². The van der Waals surface area contributed by atoms with Crippen LogP contribution in [0.3, 0.4) is 0 Å². The molecule has 0 fully saturated rings. The highest BCUT2D eigenvalue weighted by Gasteiger charge is 2.31. The lowest BCUT2D eigenvalue weighted by Crippen LogP contribution is -2.54. The van der Waals surface area contributed by atoms with Crippen molar-refractivity contribution in [3.05, 3.63) is 46.0 Å². The van der Waals surface area contributed by atoms with E-state index >= 15 is 0 Å². The Kier molecular flexibility index (Phi) is 13.6. The van der Waals surface area contributed by atoms with Crippen molar-refractivity contribution < 1.29 is 33.8 Å². The van der Waals surface area contributed by atoms with Gasteiger partial charge in [0.25, 0.3) is 5.09 Å². The minimum atomic E-state index is -0.915. The minimum Gasteiger partial charge on any atom is -0.464 e. The number of imide groups is 1. The minimum absolute atomic E-state index is 0.0414. The predicted octanol–water partition coefficient (Wildman–Crippen LogP) is 1.60. The van der Waals surface area contributed by atoms with Crippen LogP contribution in [0.5, 0.6) is 0 Å². The number of carbonyl (C=O) groups excluding carboxylic acids is 4. The third-order valence-electron chi connectivity index (χ3n) is 5.17. The lowest BCUT2D eigenvalue weighted by molar-refractivity contribution is -0.757. The maximum Gasteiger partial charge on any atom is 0.327 e. The molecule has 2 atom stereocenters. The van der Waals surface area contributed by atoms with Crippen molar-refractivity contribution in [2.24, 2.45) is 0 Å². The monoisotopic (exact) mass is 494 g/mol. The fourth-order valence-electron chi connectivity index (χ4n) is 3.07. The molecule has 1 N–H and O–H groups in total. The number of amides is 3. The van der Waals surface area contributed by atoms with Crippen molar-refractivity contribution >= 4 is 24.2 Å². The molecular weight excluding hydrogens is 460 g/mol. The fraction of sp³-hybridized carbons (Fsp3) is 0.565. The Morgan fingerprint density at radius 3 is 2.43 bits per heavy atom. The summed E-state index contributed by atoms with van der Waals surface area (Å²) in [7, 11) is 1.50. The number of ether oxygens (including phenoxy) is 1. The van der Waals surface area contributed by atoms with Gasteiger partial charge in [0, 0.05) is 13.6 Å². The zero-order chi connectivity index (χ0) is 26.2. The first kappa shape index (κ1) is 29.5. The SMILES string of the molecule is CCN(C)C(=O)N(CC(=O)OCCCCO[N+](=O)[O-])C(=O)C(C)NC(C=O)CCc1ccccc1. The number of aldehydes is 1. The van der Waals surface area contributed by atoms with E-state index in [1.807, 2.05) is 30.3 Å². The molecule has 12 nitrogen and oxygen atoms in total. The number of hydrogen-bond acceptors (Lipinski definition) is 9. The Morgan fingerprint density at radius 1 is 1.17 bits per heavy atom. The Bertz CT molecular complexity index is 836. The summed E-state index contributed by atoms with van der Waals surface area (Å²) >= 11 is 0. The molecule has 12 heteroatoms. The summed E-state index contributed by atoms with van der Waals surface area (Å²) < 4.78 is 5.06. The number of rotatable bonds is 16. The number of aryl methyl sites for hydroxylation is 1. The number of benzene rings is 1. The van der Waals surface area contributed by atoms with E-state index in [-0.39, 0.29) is 13.2 Å². The van der Waals surface area contributed by atoms with Gasteiger partial charge in [-0.2, -0.15) is 0 Å². The Hall–Kier alpha value is -3.54.